The molecule has 0 bridgehead atoms. The minimum Gasteiger partial charge on any atom is -0.466 e. The van der Waals surface area contributed by atoms with E-state index in [0.717, 1.165) is 0 Å². The zero-order valence-corrected chi connectivity index (χ0v) is 17.0. The number of rotatable bonds is 5. The Labute approximate surface area is 166 Å². The van der Waals surface area contributed by atoms with Gasteiger partial charge >= 0.3 is 5.97 Å². The van der Waals surface area contributed by atoms with E-state index in [1.165, 1.54) is 37.2 Å². The Morgan fingerprint density at radius 3 is 2.82 bits per heavy atom. The maximum Gasteiger partial charge on any atom is 0.337 e. The van der Waals surface area contributed by atoms with Gasteiger partial charge in [-0.2, -0.15) is 0 Å². The highest BCUT2D eigenvalue weighted by Crippen LogP contribution is 2.37. The number of nitrogens with zero attached hydrogens (tertiary/aromatic N) is 3. The number of esters is 1. The molecule has 0 saturated carbocycles. The molecule has 0 aromatic carbocycles. The van der Waals surface area contributed by atoms with Crippen LogP contribution in [0.3, 0.4) is 0 Å². The highest BCUT2D eigenvalue weighted by molar-refractivity contribution is 7.11. The highest BCUT2D eigenvalue weighted by Gasteiger charge is 2.50. The monoisotopic (exact) mass is 414 g/mol. The Bertz CT molecular complexity index is 802. The first-order valence-electron chi connectivity index (χ1n) is 8.92. The molecule has 1 fully saturated rings. The zero-order chi connectivity index (χ0) is 20.7. The number of amidine groups is 1. The predicted octanol–water partition coefficient (Wildman–Crippen LogP) is 1.79. The number of aromatic nitrogens is 1. The van der Waals surface area contributed by atoms with Crippen LogP contribution in [0.15, 0.2) is 27.8 Å². The van der Waals surface area contributed by atoms with Crippen molar-refractivity contribution in [3.05, 3.63) is 27.9 Å². The Morgan fingerprint density at radius 2 is 2.25 bits per heavy atom. The van der Waals surface area contributed by atoms with Gasteiger partial charge in [-0.1, -0.05) is 0 Å². The first-order valence-corrected chi connectivity index (χ1v) is 9.80. The van der Waals surface area contributed by atoms with Crippen LogP contribution in [-0.2, 0) is 9.53 Å². The number of ether oxygens (including phenoxy) is 1. The Balaban J connectivity index is 1.94. The third-order valence-corrected chi connectivity index (χ3v) is 5.70. The molecule has 2 unspecified atom stereocenters. The Hall–Kier alpha value is -1.91. The summed E-state index contributed by atoms with van der Waals surface area (Å²) in [6.07, 6.45) is 1.19. The number of alkyl halides is 2. The van der Waals surface area contributed by atoms with Gasteiger partial charge in [-0.3, -0.25) is 9.89 Å². The van der Waals surface area contributed by atoms with Gasteiger partial charge in [-0.25, -0.2) is 18.6 Å². The lowest BCUT2D eigenvalue weighted by molar-refractivity contribution is -0.136. The number of methoxy groups -OCH3 is 1. The topological polar surface area (TPSA) is 87.0 Å². The van der Waals surface area contributed by atoms with Crippen molar-refractivity contribution in [3.63, 3.8) is 0 Å². The van der Waals surface area contributed by atoms with Crippen LogP contribution in [0.1, 0.15) is 32.2 Å². The summed E-state index contributed by atoms with van der Waals surface area (Å²) in [5.41, 5.74) is -0.600. The summed E-state index contributed by atoms with van der Waals surface area (Å²) in [7, 11) is 1.27. The summed E-state index contributed by atoms with van der Waals surface area (Å²) >= 11 is 1.38. The van der Waals surface area contributed by atoms with Crippen LogP contribution < -0.4 is 5.32 Å². The molecular weight excluding hydrogens is 390 g/mol. The molecule has 0 spiro atoms. The molecule has 3 rings (SSSR count). The second-order valence-electron chi connectivity index (χ2n) is 7.63. The van der Waals surface area contributed by atoms with Gasteiger partial charge < -0.3 is 15.2 Å². The van der Waals surface area contributed by atoms with E-state index in [4.69, 9.17) is 4.74 Å². The molecule has 1 saturated heterocycles. The maximum absolute atomic E-state index is 14.1. The van der Waals surface area contributed by atoms with Crippen molar-refractivity contribution in [2.75, 3.05) is 20.2 Å². The molecule has 2 atom stereocenters. The number of carbonyl (C=O) groups excluding carboxylic acids is 1. The summed E-state index contributed by atoms with van der Waals surface area (Å²) in [6, 6.07) is -1.28. The minimum absolute atomic E-state index is 0.0312. The quantitative estimate of drug-likeness (QED) is 0.715. The molecule has 7 nitrogen and oxygen atoms in total. The normalized spacial score (nSPS) is 25.5. The van der Waals surface area contributed by atoms with Gasteiger partial charge in [-0.05, 0) is 20.8 Å². The largest absolute Gasteiger partial charge is 0.466 e. The first kappa shape index (κ1) is 20.8. The third kappa shape index (κ3) is 4.23. The van der Waals surface area contributed by atoms with Crippen molar-refractivity contribution >= 4 is 23.1 Å². The van der Waals surface area contributed by atoms with E-state index in [1.807, 2.05) is 0 Å². The van der Waals surface area contributed by atoms with Crippen molar-refractivity contribution < 1.29 is 23.4 Å². The van der Waals surface area contributed by atoms with E-state index in [2.05, 4.69) is 15.3 Å². The number of hydrogen-bond acceptors (Lipinski definition) is 8. The number of hydrogen-bond donors (Lipinski definition) is 2. The number of halogens is 2. The van der Waals surface area contributed by atoms with Crippen LogP contribution in [0.4, 0.5) is 8.78 Å². The second kappa shape index (κ2) is 7.49. The summed E-state index contributed by atoms with van der Waals surface area (Å²) in [5, 5.41) is 15.9. The van der Waals surface area contributed by atoms with E-state index in [1.54, 1.807) is 18.5 Å². The lowest BCUT2D eigenvalue weighted by Crippen LogP contribution is -2.48. The number of nitrogens with one attached hydrogen (secondary N) is 1. The summed E-state index contributed by atoms with van der Waals surface area (Å²) in [6.45, 7) is 4.30. The molecule has 0 amide bonds. The number of aliphatic hydroxyl groups is 1. The van der Waals surface area contributed by atoms with Gasteiger partial charge in [0.25, 0.3) is 5.92 Å². The van der Waals surface area contributed by atoms with Crippen LogP contribution in [0.5, 0.6) is 0 Å². The number of thiazole rings is 1. The molecule has 2 aliphatic heterocycles. The summed E-state index contributed by atoms with van der Waals surface area (Å²) < 4.78 is 33.1. The van der Waals surface area contributed by atoms with Gasteiger partial charge in [0, 0.05) is 36.3 Å². The van der Waals surface area contributed by atoms with Crippen LogP contribution in [0.25, 0.3) is 0 Å². The van der Waals surface area contributed by atoms with Crippen LogP contribution >= 0.6 is 11.3 Å². The smallest absolute Gasteiger partial charge is 0.337 e. The van der Waals surface area contributed by atoms with Crippen molar-refractivity contribution in [1.29, 1.82) is 0 Å². The van der Waals surface area contributed by atoms with Gasteiger partial charge in [0.2, 0.25) is 0 Å². The lowest BCUT2D eigenvalue weighted by Gasteiger charge is -2.35. The predicted molar refractivity (Wildman–Crippen MR) is 102 cm³/mol. The molecule has 2 N–H and O–H groups in total. The molecule has 1 aromatic rings. The molecule has 154 valence electrons. The molecule has 2 aliphatic rings. The fourth-order valence-electron chi connectivity index (χ4n) is 3.68. The van der Waals surface area contributed by atoms with Crippen molar-refractivity contribution in [2.45, 2.75) is 50.8 Å². The van der Waals surface area contributed by atoms with E-state index in [0.29, 0.717) is 16.5 Å². The first-order chi connectivity index (χ1) is 13.0. The van der Waals surface area contributed by atoms with E-state index in [9.17, 15) is 18.7 Å². The molecule has 1 aromatic heterocycles. The number of aliphatic imine (C=N–C) groups is 1. The Kier molecular flexibility index (Phi) is 5.57. The van der Waals surface area contributed by atoms with Crippen molar-refractivity contribution in [2.24, 2.45) is 4.99 Å². The maximum atomic E-state index is 14.1. The third-order valence-electron chi connectivity index (χ3n) is 4.92. The highest BCUT2D eigenvalue weighted by atomic mass is 32.1. The van der Waals surface area contributed by atoms with Crippen molar-refractivity contribution in [1.82, 2.24) is 15.2 Å². The molecule has 10 heteroatoms. The van der Waals surface area contributed by atoms with Gasteiger partial charge in [0.15, 0.2) is 10.8 Å². The Morgan fingerprint density at radius 1 is 1.54 bits per heavy atom. The molecule has 3 heterocycles. The second-order valence-corrected chi connectivity index (χ2v) is 8.53. The minimum atomic E-state index is -2.91. The summed E-state index contributed by atoms with van der Waals surface area (Å²) in [4.78, 5) is 22.5. The van der Waals surface area contributed by atoms with Gasteiger partial charge in [0.05, 0.1) is 30.9 Å². The van der Waals surface area contributed by atoms with Crippen LogP contribution in [-0.4, -0.2) is 70.6 Å². The molecular formula is C18H24F2N4O3S. The van der Waals surface area contributed by atoms with Crippen LogP contribution in [0.2, 0.25) is 0 Å². The average molecular weight is 414 g/mol. The van der Waals surface area contributed by atoms with E-state index < -0.39 is 42.5 Å². The van der Waals surface area contributed by atoms with Crippen LogP contribution in [0, 0.1) is 0 Å². The van der Waals surface area contributed by atoms with E-state index in [-0.39, 0.29) is 12.1 Å². The fourth-order valence-corrected chi connectivity index (χ4v) is 4.27. The molecule has 0 aliphatic carbocycles. The number of carbonyl (C=O) groups is 1. The summed E-state index contributed by atoms with van der Waals surface area (Å²) in [5.74, 6) is -3.00. The standard InChI is InChI=1S/C18H24F2N4O3S/c1-10-13(16(25)27-4)11(23-14(22-10)15-21-5-6-28-15)8-24-9-18(19,20)7-12(24)17(2,3)26/h5-6,10,12,26H,7-9H2,1-4H3,(H,22,23). The van der Waals surface area contributed by atoms with Gasteiger partial charge in [-0.15, -0.1) is 11.3 Å². The van der Waals surface area contributed by atoms with E-state index >= 15 is 0 Å². The van der Waals surface area contributed by atoms with Gasteiger partial charge in [0.1, 0.15) is 0 Å². The average Bonchev–Trinajstić information content (AvgIpc) is 3.21. The van der Waals surface area contributed by atoms with Crippen molar-refractivity contribution in [3.8, 4) is 0 Å². The molecule has 28 heavy (non-hydrogen) atoms. The number of likely N-dealkylation sites (tertiary alicyclic amines) is 1. The lowest BCUT2D eigenvalue weighted by atomic mass is 9.95. The SMILES string of the molecule is COC(=O)C1=C(CN2CC(F)(F)CC2C(C)(C)O)NC(c2nccs2)=NC1C. The fraction of sp³-hybridized carbons (Fsp3) is 0.611. The zero-order valence-electron chi connectivity index (χ0n) is 16.2. The molecule has 0 radical (unpaired) electrons.